The largest absolute Gasteiger partial charge is 0.454 e. The lowest BCUT2D eigenvalue weighted by molar-refractivity contribution is -0.384. The number of carbonyl (C=O) groups is 3. The van der Waals surface area contributed by atoms with E-state index in [9.17, 15) is 24.5 Å². The molecule has 0 aliphatic heterocycles. The van der Waals surface area contributed by atoms with Crippen molar-refractivity contribution in [1.82, 2.24) is 5.32 Å². The predicted octanol–water partition coefficient (Wildman–Crippen LogP) is 2.50. The summed E-state index contributed by atoms with van der Waals surface area (Å²) in [6.45, 7) is 0.871. The molecule has 2 N–H and O–H groups in total. The number of non-ortho nitro benzene ring substituents is 1. The highest BCUT2D eigenvalue weighted by molar-refractivity contribution is 14.1. The number of ether oxygens (including phenoxy) is 1. The van der Waals surface area contributed by atoms with Gasteiger partial charge in [0, 0.05) is 27.0 Å². The molecule has 10 heteroatoms. The van der Waals surface area contributed by atoms with E-state index >= 15 is 0 Å². The molecule has 146 valence electrons. The minimum atomic E-state index is -1.04. The lowest BCUT2D eigenvalue weighted by Gasteiger charge is -2.13. The van der Waals surface area contributed by atoms with Crippen LogP contribution in [0.25, 0.3) is 0 Å². The van der Waals surface area contributed by atoms with Gasteiger partial charge in [0.1, 0.15) is 6.04 Å². The molecule has 0 saturated heterocycles. The molecule has 0 saturated carbocycles. The Balaban J connectivity index is 1.84. The Labute approximate surface area is 173 Å². The molecule has 1 atom stereocenters. The average Bonchev–Trinajstić information content (AvgIpc) is 2.67. The van der Waals surface area contributed by atoms with Crippen molar-refractivity contribution in [2.75, 3.05) is 11.9 Å². The topological polar surface area (TPSA) is 128 Å². The second-order valence-electron chi connectivity index (χ2n) is 5.67. The molecule has 2 amide bonds. The molecule has 2 aromatic carbocycles. The number of rotatable bonds is 7. The summed E-state index contributed by atoms with van der Waals surface area (Å²) in [7, 11) is 0. The van der Waals surface area contributed by atoms with E-state index in [0.29, 0.717) is 5.69 Å². The number of carbonyl (C=O) groups excluding carboxylic acids is 3. The maximum Gasteiger partial charge on any atom is 0.328 e. The Morgan fingerprint density at radius 1 is 1.18 bits per heavy atom. The SMILES string of the molecule is C[C@H](NC(=O)c1cccc([N+](=O)[O-])c1)C(=O)OCC(=O)Nc1ccc(I)cc1. The van der Waals surface area contributed by atoms with Crippen molar-refractivity contribution in [1.29, 1.82) is 0 Å². The van der Waals surface area contributed by atoms with Crippen LogP contribution in [-0.2, 0) is 14.3 Å². The summed E-state index contributed by atoms with van der Waals surface area (Å²) in [6, 6.07) is 11.1. The number of nitro groups is 1. The number of amides is 2. The van der Waals surface area contributed by atoms with Crippen LogP contribution in [0.1, 0.15) is 17.3 Å². The predicted molar refractivity (Wildman–Crippen MR) is 109 cm³/mol. The van der Waals surface area contributed by atoms with Gasteiger partial charge in [-0.25, -0.2) is 4.79 Å². The Bertz CT molecular complexity index is 900. The number of benzene rings is 2. The molecular weight excluding hydrogens is 481 g/mol. The van der Waals surface area contributed by atoms with Crippen LogP contribution in [-0.4, -0.2) is 35.4 Å². The first kappa shape index (κ1) is 21.3. The Kier molecular flexibility index (Phi) is 7.44. The zero-order valence-corrected chi connectivity index (χ0v) is 16.8. The van der Waals surface area contributed by atoms with Gasteiger partial charge in [-0.2, -0.15) is 0 Å². The van der Waals surface area contributed by atoms with Crippen molar-refractivity contribution in [3.63, 3.8) is 0 Å². The Morgan fingerprint density at radius 2 is 1.86 bits per heavy atom. The van der Waals surface area contributed by atoms with Crippen LogP contribution in [0.2, 0.25) is 0 Å². The van der Waals surface area contributed by atoms with E-state index in [1.165, 1.54) is 25.1 Å². The van der Waals surface area contributed by atoms with E-state index in [0.717, 1.165) is 9.64 Å². The van der Waals surface area contributed by atoms with E-state index in [4.69, 9.17) is 4.74 Å². The van der Waals surface area contributed by atoms with Crippen molar-refractivity contribution < 1.29 is 24.0 Å². The maximum atomic E-state index is 12.1. The number of nitrogens with one attached hydrogen (secondary N) is 2. The minimum Gasteiger partial charge on any atom is -0.454 e. The lowest BCUT2D eigenvalue weighted by Crippen LogP contribution is -2.40. The zero-order chi connectivity index (χ0) is 20.7. The molecule has 0 fully saturated rings. The van der Waals surface area contributed by atoms with Gasteiger partial charge in [0.15, 0.2) is 6.61 Å². The first-order chi connectivity index (χ1) is 13.3. The summed E-state index contributed by atoms with van der Waals surface area (Å²) in [5.41, 5.74) is 0.356. The van der Waals surface area contributed by atoms with Gasteiger partial charge >= 0.3 is 5.97 Å². The smallest absolute Gasteiger partial charge is 0.328 e. The van der Waals surface area contributed by atoms with E-state index in [1.54, 1.807) is 12.1 Å². The van der Waals surface area contributed by atoms with Gasteiger partial charge in [-0.1, -0.05) is 6.07 Å². The van der Waals surface area contributed by atoms with E-state index in [2.05, 4.69) is 33.2 Å². The van der Waals surface area contributed by atoms with Gasteiger partial charge in [0.25, 0.3) is 17.5 Å². The third kappa shape index (κ3) is 6.30. The quantitative estimate of drug-likeness (QED) is 0.262. The number of hydrogen-bond donors (Lipinski definition) is 2. The van der Waals surface area contributed by atoms with Gasteiger partial charge in [-0.3, -0.25) is 19.7 Å². The number of halogens is 1. The second kappa shape index (κ2) is 9.78. The van der Waals surface area contributed by atoms with Gasteiger partial charge in [-0.05, 0) is 59.8 Å². The first-order valence-electron chi connectivity index (χ1n) is 8.03. The van der Waals surface area contributed by atoms with Gasteiger partial charge < -0.3 is 15.4 Å². The van der Waals surface area contributed by atoms with E-state index in [1.807, 2.05) is 12.1 Å². The van der Waals surface area contributed by atoms with Crippen LogP contribution in [0.4, 0.5) is 11.4 Å². The normalized spacial score (nSPS) is 11.2. The van der Waals surface area contributed by atoms with E-state index < -0.39 is 35.4 Å². The fourth-order valence-electron chi connectivity index (χ4n) is 2.09. The fourth-order valence-corrected chi connectivity index (χ4v) is 2.45. The molecule has 28 heavy (non-hydrogen) atoms. The molecule has 0 bridgehead atoms. The molecule has 0 radical (unpaired) electrons. The lowest BCUT2D eigenvalue weighted by atomic mass is 10.2. The Hall–Kier alpha value is -3.02. The molecule has 0 aromatic heterocycles. The standard InChI is InChI=1S/C18H16IN3O6/c1-11(20-17(24)12-3-2-4-15(9-12)22(26)27)18(25)28-10-16(23)21-14-7-5-13(19)6-8-14/h2-9,11H,10H2,1H3,(H,20,24)(H,21,23)/t11-/m0/s1. The Morgan fingerprint density at radius 3 is 2.50 bits per heavy atom. The van der Waals surface area contributed by atoms with Crippen molar-refractivity contribution >= 4 is 51.7 Å². The zero-order valence-electron chi connectivity index (χ0n) is 14.7. The summed E-state index contributed by atoms with van der Waals surface area (Å²) in [5.74, 6) is -2.00. The molecular formula is C18H16IN3O6. The van der Waals surface area contributed by atoms with Crippen LogP contribution >= 0.6 is 22.6 Å². The highest BCUT2D eigenvalue weighted by Crippen LogP contribution is 2.13. The molecule has 0 aliphatic rings. The van der Waals surface area contributed by atoms with Crippen LogP contribution in [0, 0.1) is 13.7 Å². The highest BCUT2D eigenvalue weighted by atomic mass is 127. The van der Waals surface area contributed by atoms with Gasteiger partial charge in [-0.15, -0.1) is 0 Å². The number of anilines is 1. The molecule has 0 unspecified atom stereocenters. The molecule has 9 nitrogen and oxygen atoms in total. The van der Waals surface area contributed by atoms with Crippen LogP contribution in [0.15, 0.2) is 48.5 Å². The summed E-state index contributed by atoms with van der Waals surface area (Å²) in [5, 5.41) is 15.7. The van der Waals surface area contributed by atoms with Gasteiger partial charge in [0.2, 0.25) is 0 Å². The number of hydrogen-bond acceptors (Lipinski definition) is 6. The molecule has 0 spiro atoms. The van der Waals surface area contributed by atoms with Crippen molar-refractivity contribution in [3.8, 4) is 0 Å². The molecule has 0 heterocycles. The average molecular weight is 497 g/mol. The van der Waals surface area contributed by atoms with Crippen LogP contribution in [0.5, 0.6) is 0 Å². The number of esters is 1. The minimum absolute atomic E-state index is 0.0327. The monoisotopic (exact) mass is 497 g/mol. The van der Waals surface area contributed by atoms with E-state index in [-0.39, 0.29) is 11.3 Å². The summed E-state index contributed by atoms with van der Waals surface area (Å²) in [4.78, 5) is 46.0. The maximum absolute atomic E-state index is 12.1. The summed E-state index contributed by atoms with van der Waals surface area (Å²) >= 11 is 2.13. The fraction of sp³-hybridized carbons (Fsp3) is 0.167. The van der Waals surface area contributed by atoms with Crippen molar-refractivity contribution in [3.05, 3.63) is 67.8 Å². The summed E-state index contributed by atoms with van der Waals surface area (Å²) in [6.07, 6.45) is 0. The van der Waals surface area contributed by atoms with Crippen molar-refractivity contribution in [2.24, 2.45) is 0 Å². The van der Waals surface area contributed by atoms with Crippen LogP contribution < -0.4 is 10.6 Å². The third-order valence-corrected chi connectivity index (χ3v) is 4.21. The first-order valence-corrected chi connectivity index (χ1v) is 9.11. The highest BCUT2D eigenvalue weighted by Gasteiger charge is 2.20. The molecule has 2 rings (SSSR count). The number of nitro benzene ring substituents is 1. The summed E-state index contributed by atoms with van der Waals surface area (Å²) < 4.78 is 5.89. The van der Waals surface area contributed by atoms with Gasteiger partial charge in [0.05, 0.1) is 4.92 Å². The third-order valence-electron chi connectivity index (χ3n) is 3.49. The molecule has 0 aliphatic carbocycles. The van der Waals surface area contributed by atoms with Crippen molar-refractivity contribution in [2.45, 2.75) is 13.0 Å². The van der Waals surface area contributed by atoms with Crippen LogP contribution in [0.3, 0.4) is 0 Å². The second-order valence-corrected chi connectivity index (χ2v) is 6.91. The number of nitrogens with zero attached hydrogens (tertiary/aromatic N) is 1. The molecule has 2 aromatic rings.